The van der Waals surface area contributed by atoms with Gasteiger partial charge in [-0.25, -0.2) is 17.9 Å². The summed E-state index contributed by atoms with van der Waals surface area (Å²) in [6.07, 6.45) is 2.42. The molecule has 8 heteroatoms. The highest BCUT2D eigenvalue weighted by Gasteiger charge is 2.24. The van der Waals surface area contributed by atoms with Crippen LogP contribution in [0.5, 0.6) is 0 Å². The van der Waals surface area contributed by atoms with Crippen molar-refractivity contribution in [3.05, 3.63) is 52.3 Å². The Balaban J connectivity index is 1.72. The number of carbonyl (C=O) groups is 1. The molecule has 0 aliphatic rings. The van der Waals surface area contributed by atoms with E-state index >= 15 is 0 Å². The Labute approximate surface area is 143 Å². The second-order valence-electron chi connectivity index (χ2n) is 5.11. The molecule has 0 bridgehead atoms. The summed E-state index contributed by atoms with van der Waals surface area (Å²) in [6.45, 7) is 0.237. The highest BCUT2D eigenvalue weighted by molar-refractivity contribution is 7.89. The summed E-state index contributed by atoms with van der Waals surface area (Å²) < 4.78 is 32.0. The zero-order valence-corrected chi connectivity index (χ0v) is 14.5. The molecule has 1 aromatic carbocycles. The number of H-pyrrole nitrogens is 1. The number of methoxy groups -OCH3 is 1. The molecule has 0 amide bonds. The highest BCUT2D eigenvalue weighted by atomic mass is 32.2. The zero-order chi connectivity index (χ0) is 17.2. The number of ether oxygens (including phenoxy) is 1. The van der Waals surface area contributed by atoms with Crippen LogP contribution < -0.4 is 4.72 Å². The molecule has 6 nitrogen and oxygen atoms in total. The number of fused-ring (bicyclic) bond motifs is 1. The van der Waals surface area contributed by atoms with Crippen molar-refractivity contribution in [1.29, 1.82) is 0 Å². The van der Waals surface area contributed by atoms with Gasteiger partial charge in [-0.05, 0) is 29.5 Å². The number of aromatic amines is 1. The third-order valence-electron chi connectivity index (χ3n) is 3.65. The Morgan fingerprint density at radius 3 is 2.88 bits per heavy atom. The van der Waals surface area contributed by atoms with Crippen LogP contribution in [0.4, 0.5) is 0 Å². The van der Waals surface area contributed by atoms with E-state index in [0.29, 0.717) is 6.42 Å². The Kier molecular flexibility index (Phi) is 4.70. The first-order chi connectivity index (χ1) is 11.5. The number of nitrogens with one attached hydrogen (secondary N) is 2. The average Bonchev–Trinajstić information content (AvgIpc) is 3.22. The first-order valence-corrected chi connectivity index (χ1v) is 9.59. The first kappa shape index (κ1) is 16.7. The third-order valence-corrected chi connectivity index (χ3v) is 6.18. The summed E-state index contributed by atoms with van der Waals surface area (Å²) in [5, 5.41) is 2.63. The van der Waals surface area contributed by atoms with Crippen molar-refractivity contribution in [3.63, 3.8) is 0 Å². The minimum Gasteiger partial charge on any atom is -0.465 e. The molecule has 2 heterocycles. The first-order valence-electron chi connectivity index (χ1n) is 7.23. The van der Waals surface area contributed by atoms with Crippen molar-refractivity contribution in [2.45, 2.75) is 11.3 Å². The number of para-hydroxylation sites is 1. The molecule has 0 saturated heterocycles. The van der Waals surface area contributed by atoms with Gasteiger partial charge in [0, 0.05) is 23.6 Å². The van der Waals surface area contributed by atoms with Crippen LogP contribution >= 0.6 is 11.3 Å². The Hall–Kier alpha value is -2.16. The number of aromatic nitrogens is 1. The Morgan fingerprint density at radius 2 is 2.08 bits per heavy atom. The van der Waals surface area contributed by atoms with Gasteiger partial charge in [-0.1, -0.05) is 18.2 Å². The fourth-order valence-electron chi connectivity index (χ4n) is 2.49. The predicted octanol–water partition coefficient (Wildman–Crippen LogP) is 2.54. The van der Waals surface area contributed by atoms with Crippen LogP contribution in [0.2, 0.25) is 0 Å². The van der Waals surface area contributed by atoms with E-state index in [0.717, 1.165) is 27.8 Å². The number of carbonyl (C=O) groups excluding carboxylic acids is 1. The molecule has 3 aromatic rings. The maximum absolute atomic E-state index is 12.4. The maximum Gasteiger partial charge on any atom is 0.349 e. The van der Waals surface area contributed by atoms with Crippen LogP contribution in [0.1, 0.15) is 15.2 Å². The van der Waals surface area contributed by atoms with E-state index < -0.39 is 16.0 Å². The van der Waals surface area contributed by atoms with Crippen molar-refractivity contribution in [3.8, 4) is 0 Å². The fourth-order valence-corrected chi connectivity index (χ4v) is 4.85. The molecule has 0 aliphatic heterocycles. The van der Waals surface area contributed by atoms with Crippen LogP contribution in [0, 0.1) is 0 Å². The summed E-state index contributed by atoms with van der Waals surface area (Å²) in [5.74, 6) is -0.651. The number of hydrogen-bond acceptors (Lipinski definition) is 5. The van der Waals surface area contributed by atoms with Crippen LogP contribution in [0.3, 0.4) is 0 Å². The van der Waals surface area contributed by atoms with Gasteiger partial charge in [-0.15, -0.1) is 11.3 Å². The van der Waals surface area contributed by atoms with Gasteiger partial charge in [0.15, 0.2) is 0 Å². The molecule has 3 rings (SSSR count). The lowest BCUT2D eigenvalue weighted by Gasteiger charge is -2.07. The van der Waals surface area contributed by atoms with Crippen LogP contribution in [-0.2, 0) is 21.2 Å². The standard InChI is InChI=1S/C16H16N2O4S2/c1-22-16(19)15-14(7-9-23-15)24(20,21)18-8-6-11-10-17-13-5-3-2-4-12(11)13/h2-5,7,9-10,17-18H,6,8H2,1H3. The largest absolute Gasteiger partial charge is 0.465 e. The molecule has 0 saturated carbocycles. The van der Waals surface area contributed by atoms with E-state index in [1.807, 2.05) is 30.5 Å². The van der Waals surface area contributed by atoms with Gasteiger partial charge in [-0.2, -0.15) is 0 Å². The summed E-state index contributed by atoms with van der Waals surface area (Å²) in [4.78, 5) is 14.8. The lowest BCUT2D eigenvalue weighted by atomic mass is 10.1. The number of thiophene rings is 1. The monoisotopic (exact) mass is 364 g/mol. The number of benzene rings is 1. The molecule has 24 heavy (non-hydrogen) atoms. The number of esters is 1. The fraction of sp³-hybridized carbons (Fsp3) is 0.188. The molecule has 2 N–H and O–H groups in total. The molecule has 0 unspecified atom stereocenters. The van der Waals surface area contributed by atoms with E-state index in [4.69, 9.17) is 0 Å². The van der Waals surface area contributed by atoms with Crippen LogP contribution in [0.15, 0.2) is 46.8 Å². The van der Waals surface area contributed by atoms with Crippen molar-refractivity contribution in [2.24, 2.45) is 0 Å². The van der Waals surface area contributed by atoms with E-state index in [1.54, 1.807) is 5.38 Å². The quantitative estimate of drug-likeness (QED) is 0.658. The van der Waals surface area contributed by atoms with Gasteiger partial charge in [0.25, 0.3) is 0 Å². The SMILES string of the molecule is COC(=O)c1sccc1S(=O)(=O)NCCc1c[nH]c2ccccc12. The average molecular weight is 364 g/mol. The van der Waals surface area contributed by atoms with Gasteiger partial charge >= 0.3 is 5.97 Å². The van der Waals surface area contributed by atoms with E-state index in [-0.39, 0.29) is 16.3 Å². The van der Waals surface area contributed by atoms with Crippen molar-refractivity contribution in [1.82, 2.24) is 9.71 Å². The number of sulfonamides is 1. The Bertz CT molecular complexity index is 973. The summed E-state index contributed by atoms with van der Waals surface area (Å²) >= 11 is 1.04. The smallest absolute Gasteiger partial charge is 0.349 e. The summed E-state index contributed by atoms with van der Waals surface area (Å²) in [6, 6.07) is 9.25. The van der Waals surface area contributed by atoms with Crippen molar-refractivity contribution < 1.29 is 17.9 Å². The van der Waals surface area contributed by atoms with Gasteiger partial charge in [0.2, 0.25) is 10.0 Å². The minimum atomic E-state index is -3.76. The van der Waals surface area contributed by atoms with Crippen LogP contribution in [-0.4, -0.2) is 33.0 Å². The van der Waals surface area contributed by atoms with E-state index in [9.17, 15) is 13.2 Å². The van der Waals surface area contributed by atoms with Crippen molar-refractivity contribution >= 4 is 38.2 Å². The van der Waals surface area contributed by atoms with Gasteiger partial charge in [0.1, 0.15) is 9.77 Å². The van der Waals surface area contributed by atoms with Gasteiger partial charge < -0.3 is 9.72 Å². The molecular weight excluding hydrogens is 348 g/mol. The molecular formula is C16H16N2O4S2. The topological polar surface area (TPSA) is 88.3 Å². The second-order valence-corrected chi connectivity index (χ2v) is 7.76. The van der Waals surface area contributed by atoms with Gasteiger partial charge in [0.05, 0.1) is 7.11 Å². The zero-order valence-electron chi connectivity index (χ0n) is 12.9. The highest BCUT2D eigenvalue weighted by Crippen LogP contribution is 2.23. The normalized spacial score (nSPS) is 11.7. The molecule has 0 fully saturated rings. The lowest BCUT2D eigenvalue weighted by molar-refractivity contribution is 0.0602. The predicted molar refractivity (Wildman–Crippen MR) is 92.8 cm³/mol. The summed E-state index contributed by atoms with van der Waals surface area (Å²) in [7, 11) is -2.53. The minimum absolute atomic E-state index is 0.0433. The number of hydrogen-bond donors (Lipinski definition) is 2. The number of rotatable bonds is 6. The van der Waals surface area contributed by atoms with E-state index in [2.05, 4.69) is 14.4 Å². The molecule has 0 spiro atoms. The van der Waals surface area contributed by atoms with Crippen molar-refractivity contribution in [2.75, 3.05) is 13.7 Å². The molecule has 0 radical (unpaired) electrons. The third kappa shape index (κ3) is 3.21. The molecule has 0 atom stereocenters. The Morgan fingerprint density at radius 1 is 1.29 bits per heavy atom. The lowest BCUT2D eigenvalue weighted by Crippen LogP contribution is -2.27. The maximum atomic E-state index is 12.4. The summed E-state index contributed by atoms with van der Waals surface area (Å²) in [5.41, 5.74) is 2.05. The molecule has 0 aliphatic carbocycles. The second kappa shape index (κ2) is 6.76. The molecule has 126 valence electrons. The van der Waals surface area contributed by atoms with Gasteiger partial charge in [-0.3, -0.25) is 0 Å². The molecule has 2 aromatic heterocycles. The van der Waals surface area contributed by atoms with E-state index in [1.165, 1.54) is 13.2 Å². The van der Waals surface area contributed by atoms with Crippen LogP contribution in [0.25, 0.3) is 10.9 Å².